The number of aromatic nitrogens is 2. The Kier molecular flexibility index (Phi) is 4.79. The van der Waals surface area contributed by atoms with E-state index < -0.39 is 41.6 Å². The maximum absolute atomic E-state index is 11.9. The number of carbonyl (C=O) groups excluding carboxylic acids is 1. The van der Waals surface area contributed by atoms with Crippen molar-refractivity contribution in [3.05, 3.63) is 32.6 Å². The Labute approximate surface area is 125 Å². The minimum absolute atomic E-state index is 0.0757. The Morgan fingerprint density at radius 1 is 1.55 bits per heavy atom. The van der Waals surface area contributed by atoms with Crippen LogP contribution in [0, 0.1) is 12.8 Å². The lowest BCUT2D eigenvalue weighted by molar-refractivity contribution is -0.142. The normalized spacial score (nSPS) is 27.8. The van der Waals surface area contributed by atoms with Crippen LogP contribution in [-0.4, -0.2) is 46.5 Å². The molecule has 0 amide bonds. The molecule has 0 saturated carbocycles. The summed E-state index contributed by atoms with van der Waals surface area (Å²) >= 11 is 0. The number of H-pyrrole nitrogens is 1. The van der Waals surface area contributed by atoms with Gasteiger partial charge in [0.05, 0.1) is 19.6 Å². The van der Waals surface area contributed by atoms with Crippen LogP contribution in [0.15, 0.2) is 15.8 Å². The van der Waals surface area contributed by atoms with E-state index in [4.69, 9.17) is 10.5 Å². The van der Waals surface area contributed by atoms with Crippen LogP contribution in [0.5, 0.6) is 0 Å². The average molecular weight is 313 g/mol. The number of esters is 1. The summed E-state index contributed by atoms with van der Waals surface area (Å²) in [5, 5.41) is 10.4. The number of nitrogens with two attached hydrogens (primary N) is 1. The van der Waals surface area contributed by atoms with Gasteiger partial charge in [0.25, 0.3) is 5.56 Å². The second-order valence-corrected chi connectivity index (χ2v) is 5.21. The molecule has 0 aromatic carbocycles. The Morgan fingerprint density at radius 3 is 2.82 bits per heavy atom. The van der Waals surface area contributed by atoms with Crippen LogP contribution < -0.4 is 17.0 Å². The number of carbonyl (C=O) groups is 1. The van der Waals surface area contributed by atoms with Crippen LogP contribution in [-0.2, 0) is 14.3 Å². The van der Waals surface area contributed by atoms with Crippen LogP contribution >= 0.6 is 0 Å². The summed E-state index contributed by atoms with van der Waals surface area (Å²) in [6, 6.07) is 0. The van der Waals surface area contributed by atoms with Gasteiger partial charge >= 0.3 is 11.7 Å². The summed E-state index contributed by atoms with van der Waals surface area (Å²) in [5.74, 6) is -1.10. The fraction of sp³-hybridized carbons (Fsp3) is 0.615. The lowest BCUT2D eigenvalue weighted by Gasteiger charge is -2.19. The summed E-state index contributed by atoms with van der Waals surface area (Å²) in [6.07, 6.45) is -1.52. The number of nitrogens with one attached hydrogen (secondary N) is 1. The van der Waals surface area contributed by atoms with Crippen LogP contribution in [0.1, 0.15) is 18.2 Å². The van der Waals surface area contributed by atoms with Gasteiger partial charge in [-0.2, -0.15) is 0 Å². The number of aliphatic hydroxyl groups excluding tert-OH is 1. The number of methoxy groups -OCH3 is 1. The molecule has 122 valence electrons. The summed E-state index contributed by atoms with van der Waals surface area (Å²) in [4.78, 5) is 36.9. The molecule has 9 nitrogen and oxygen atoms in total. The van der Waals surface area contributed by atoms with E-state index in [1.54, 1.807) is 0 Å². The fourth-order valence-corrected chi connectivity index (χ4v) is 2.56. The third kappa shape index (κ3) is 2.96. The molecule has 1 fully saturated rings. The highest BCUT2D eigenvalue weighted by Crippen LogP contribution is 2.35. The van der Waals surface area contributed by atoms with Gasteiger partial charge in [-0.05, 0) is 6.92 Å². The van der Waals surface area contributed by atoms with Crippen molar-refractivity contribution in [2.75, 3.05) is 13.7 Å². The highest BCUT2D eigenvalue weighted by Gasteiger charge is 2.45. The maximum atomic E-state index is 11.9. The average Bonchev–Trinajstić information content (AvgIpc) is 2.79. The lowest BCUT2D eigenvalue weighted by atomic mass is 9.94. The van der Waals surface area contributed by atoms with E-state index in [9.17, 15) is 19.5 Å². The Hall–Kier alpha value is -1.97. The van der Waals surface area contributed by atoms with E-state index in [1.165, 1.54) is 20.2 Å². The highest BCUT2D eigenvalue weighted by atomic mass is 16.5. The maximum Gasteiger partial charge on any atom is 0.330 e. The quantitative estimate of drug-likeness (QED) is 0.560. The van der Waals surface area contributed by atoms with Crippen LogP contribution in [0.4, 0.5) is 0 Å². The van der Waals surface area contributed by atoms with Crippen molar-refractivity contribution in [2.24, 2.45) is 11.7 Å². The van der Waals surface area contributed by atoms with Crippen LogP contribution in [0.2, 0.25) is 0 Å². The molecule has 9 heteroatoms. The van der Waals surface area contributed by atoms with Gasteiger partial charge in [-0.1, -0.05) is 0 Å². The molecule has 4 N–H and O–H groups in total. The van der Waals surface area contributed by atoms with Gasteiger partial charge in [0.2, 0.25) is 0 Å². The zero-order chi connectivity index (χ0) is 16.4. The molecule has 1 aliphatic rings. The number of aliphatic hydroxyl groups is 1. The molecule has 1 aromatic rings. The predicted molar refractivity (Wildman–Crippen MR) is 75.2 cm³/mol. The van der Waals surface area contributed by atoms with Crippen molar-refractivity contribution in [3.63, 3.8) is 0 Å². The summed E-state index contributed by atoms with van der Waals surface area (Å²) in [7, 11) is 1.25. The number of hydrogen-bond acceptors (Lipinski definition) is 7. The molecule has 0 bridgehead atoms. The molecule has 22 heavy (non-hydrogen) atoms. The smallest absolute Gasteiger partial charge is 0.330 e. The van der Waals surface area contributed by atoms with E-state index in [0.717, 1.165) is 4.57 Å². The Balaban J connectivity index is 2.34. The number of aromatic amines is 1. The molecule has 1 saturated heterocycles. The molecule has 1 aromatic heterocycles. The van der Waals surface area contributed by atoms with Gasteiger partial charge in [-0.3, -0.25) is 19.1 Å². The van der Waals surface area contributed by atoms with E-state index >= 15 is 0 Å². The largest absolute Gasteiger partial charge is 0.469 e. The zero-order valence-electron chi connectivity index (χ0n) is 12.3. The second-order valence-electron chi connectivity index (χ2n) is 5.21. The van der Waals surface area contributed by atoms with Gasteiger partial charge in [-0.25, -0.2) is 4.79 Å². The van der Waals surface area contributed by atoms with Crippen LogP contribution in [0.25, 0.3) is 0 Å². The van der Waals surface area contributed by atoms with Crippen LogP contribution in [0.3, 0.4) is 0 Å². The molecule has 4 atom stereocenters. The first-order valence-corrected chi connectivity index (χ1v) is 6.81. The number of aryl methyl sites for hydroxylation is 1. The molecule has 0 radical (unpaired) electrons. The monoisotopic (exact) mass is 313 g/mol. The van der Waals surface area contributed by atoms with Crippen molar-refractivity contribution in [1.82, 2.24) is 9.55 Å². The number of ether oxygens (including phenoxy) is 2. The van der Waals surface area contributed by atoms with Crippen molar-refractivity contribution in [3.8, 4) is 0 Å². The Bertz CT molecular complexity index is 666. The van der Waals surface area contributed by atoms with Gasteiger partial charge in [0.1, 0.15) is 6.10 Å². The molecular weight excluding hydrogens is 294 g/mol. The van der Waals surface area contributed by atoms with Gasteiger partial charge in [-0.15, -0.1) is 0 Å². The van der Waals surface area contributed by atoms with Crippen molar-refractivity contribution < 1.29 is 19.4 Å². The molecule has 0 aliphatic carbocycles. The standard InChI is InChI=1S/C13H19N3O6/c1-6-5-16(13(20)15-11(6)19)12-10(18)7(3-9(17)21-2)8(4-14)22-12/h5,7-8,10,12,18H,3-4,14H2,1-2H3,(H,15,19,20)/t7-,8-,10-,12-/m1/s1. The highest BCUT2D eigenvalue weighted by molar-refractivity contribution is 5.69. The summed E-state index contributed by atoms with van der Waals surface area (Å²) in [5.41, 5.74) is 4.70. The first-order chi connectivity index (χ1) is 10.4. The topological polar surface area (TPSA) is 137 Å². The Morgan fingerprint density at radius 2 is 2.23 bits per heavy atom. The lowest BCUT2D eigenvalue weighted by Crippen LogP contribution is -2.37. The minimum atomic E-state index is -1.13. The molecule has 0 unspecified atom stereocenters. The van der Waals surface area contributed by atoms with E-state index in [-0.39, 0.29) is 13.0 Å². The zero-order valence-corrected chi connectivity index (χ0v) is 12.3. The van der Waals surface area contributed by atoms with Crippen molar-refractivity contribution >= 4 is 5.97 Å². The third-order valence-electron chi connectivity index (χ3n) is 3.80. The number of rotatable bonds is 4. The molecule has 2 rings (SSSR count). The summed E-state index contributed by atoms with van der Waals surface area (Å²) in [6.45, 7) is 1.61. The second kappa shape index (κ2) is 6.42. The number of hydrogen-bond donors (Lipinski definition) is 3. The molecule has 0 spiro atoms. The van der Waals surface area contributed by atoms with Gasteiger partial charge in [0, 0.05) is 24.2 Å². The van der Waals surface area contributed by atoms with Crippen molar-refractivity contribution in [1.29, 1.82) is 0 Å². The molecular formula is C13H19N3O6. The minimum Gasteiger partial charge on any atom is -0.469 e. The third-order valence-corrected chi connectivity index (χ3v) is 3.80. The fourth-order valence-electron chi connectivity index (χ4n) is 2.56. The van der Waals surface area contributed by atoms with Gasteiger partial charge in [0.15, 0.2) is 6.23 Å². The van der Waals surface area contributed by atoms with E-state index in [0.29, 0.717) is 5.56 Å². The summed E-state index contributed by atoms with van der Waals surface area (Å²) < 4.78 is 11.3. The first-order valence-electron chi connectivity index (χ1n) is 6.81. The SMILES string of the molecule is COC(=O)C[C@H]1[C@@H](O)[C@H](n2cc(C)c(=O)[nH]c2=O)O[C@@H]1CN. The van der Waals surface area contributed by atoms with Gasteiger partial charge < -0.3 is 20.3 Å². The number of nitrogens with zero attached hydrogens (tertiary/aromatic N) is 1. The molecule has 2 heterocycles. The molecule has 1 aliphatic heterocycles. The van der Waals surface area contributed by atoms with E-state index in [1.807, 2.05) is 0 Å². The van der Waals surface area contributed by atoms with Crippen molar-refractivity contribution in [2.45, 2.75) is 31.8 Å². The first kappa shape index (κ1) is 16.4. The predicted octanol–water partition coefficient (Wildman–Crippen LogP) is -1.76. The van der Waals surface area contributed by atoms with E-state index in [2.05, 4.69) is 9.72 Å².